The number of benzene rings is 2. The van der Waals surface area contributed by atoms with Crippen molar-refractivity contribution in [2.75, 3.05) is 7.05 Å². The summed E-state index contributed by atoms with van der Waals surface area (Å²) in [5.41, 5.74) is 0.554. The van der Waals surface area contributed by atoms with Gasteiger partial charge in [-0.2, -0.15) is 0 Å². The standard InChI is InChI=1S/C17H13Cl2N3O5S/c1-20-28(24,25)12-6-7-14(19)13(8-12)17(23)26-9-15-21-22-16(27-15)10-2-4-11(18)5-3-10/h2-8,20H,9H2,1H3. The number of carbonyl (C=O) groups is 1. The van der Waals surface area contributed by atoms with Crippen LogP contribution in [0.5, 0.6) is 0 Å². The van der Waals surface area contributed by atoms with E-state index in [4.69, 9.17) is 32.4 Å². The number of carbonyl (C=O) groups excluding carboxylic acids is 1. The first-order valence-corrected chi connectivity index (χ1v) is 10.0. The summed E-state index contributed by atoms with van der Waals surface area (Å²) in [7, 11) is -2.48. The zero-order valence-electron chi connectivity index (χ0n) is 14.3. The van der Waals surface area contributed by atoms with E-state index in [1.807, 2.05) is 0 Å². The third-order valence-corrected chi connectivity index (χ3v) is 5.62. The highest BCUT2D eigenvalue weighted by Crippen LogP contribution is 2.23. The molecule has 1 N–H and O–H groups in total. The van der Waals surface area contributed by atoms with Gasteiger partial charge in [0.1, 0.15) is 0 Å². The molecular weight excluding hydrogens is 429 g/mol. The van der Waals surface area contributed by atoms with E-state index in [1.165, 1.54) is 19.2 Å². The molecule has 0 aliphatic rings. The molecule has 1 aromatic heterocycles. The first-order valence-electron chi connectivity index (χ1n) is 7.78. The number of rotatable bonds is 6. The van der Waals surface area contributed by atoms with Gasteiger partial charge in [-0.15, -0.1) is 10.2 Å². The fourth-order valence-corrected chi connectivity index (χ4v) is 3.25. The molecule has 0 unspecified atom stereocenters. The Kier molecular flexibility index (Phi) is 5.99. The smallest absolute Gasteiger partial charge is 0.340 e. The minimum atomic E-state index is -3.74. The summed E-state index contributed by atoms with van der Waals surface area (Å²) in [5.74, 6) is -0.527. The molecule has 8 nitrogen and oxygen atoms in total. The molecule has 0 radical (unpaired) electrons. The first-order chi connectivity index (χ1) is 13.3. The monoisotopic (exact) mass is 441 g/mol. The van der Waals surface area contributed by atoms with Crippen LogP contribution < -0.4 is 4.72 Å². The molecule has 2 aromatic carbocycles. The summed E-state index contributed by atoms with van der Waals surface area (Å²) < 4.78 is 36.5. The van der Waals surface area contributed by atoms with Crippen LogP contribution in [0.15, 0.2) is 51.8 Å². The number of hydrogen-bond donors (Lipinski definition) is 1. The van der Waals surface area contributed by atoms with Gasteiger partial charge in [0.25, 0.3) is 5.89 Å². The van der Waals surface area contributed by atoms with Gasteiger partial charge in [-0.3, -0.25) is 0 Å². The fourth-order valence-electron chi connectivity index (χ4n) is 2.17. The highest BCUT2D eigenvalue weighted by atomic mass is 35.5. The Morgan fingerprint density at radius 3 is 2.54 bits per heavy atom. The molecule has 1 heterocycles. The second-order valence-electron chi connectivity index (χ2n) is 5.43. The molecule has 11 heteroatoms. The van der Waals surface area contributed by atoms with Crippen molar-refractivity contribution < 1.29 is 22.4 Å². The van der Waals surface area contributed by atoms with Crippen molar-refractivity contribution in [3.63, 3.8) is 0 Å². The number of nitrogens with zero attached hydrogens (tertiary/aromatic N) is 2. The summed E-state index contributed by atoms with van der Waals surface area (Å²) in [5, 5.41) is 8.30. The van der Waals surface area contributed by atoms with Gasteiger partial charge in [-0.05, 0) is 49.5 Å². The molecule has 0 bridgehead atoms. The normalized spacial score (nSPS) is 11.4. The first kappa shape index (κ1) is 20.3. The SMILES string of the molecule is CNS(=O)(=O)c1ccc(Cl)c(C(=O)OCc2nnc(-c3ccc(Cl)cc3)o2)c1. The number of aromatic nitrogens is 2. The van der Waals surface area contributed by atoms with Gasteiger partial charge in [0.05, 0.1) is 15.5 Å². The van der Waals surface area contributed by atoms with Crippen molar-refractivity contribution in [3.8, 4) is 11.5 Å². The van der Waals surface area contributed by atoms with Crippen molar-refractivity contribution in [1.29, 1.82) is 0 Å². The second kappa shape index (κ2) is 8.27. The van der Waals surface area contributed by atoms with Crippen LogP contribution in [-0.2, 0) is 21.4 Å². The van der Waals surface area contributed by atoms with E-state index in [9.17, 15) is 13.2 Å². The maximum atomic E-state index is 12.3. The summed E-state index contributed by atoms with van der Waals surface area (Å²) in [6.07, 6.45) is 0. The number of sulfonamides is 1. The van der Waals surface area contributed by atoms with Gasteiger partial charge in [0.2, 0.25) is 15.9 Å². The summed E-state index contributed by atoms with van der Waals surface area (Å²) in [6.45, 7) is -0.307. The number of nitrogens with one attached hydrogen (secondary N) is 1. The van der Waals surface area contributed by atoms with Crippen LogP contribution in [0.3, 0.4) is 0 Å². The summed E-state index contributed by atoms with van der Waals surface area (Å²) in [6, 6.07) is 10.5. The van der Waals surface area contributed by atoms with Gasteiger partial charge in [-0.25, -0.2) is 17.9 Å². The number of hydrogen-bond acceptors (Lipinski definition) is 7. The molecule has 3 aromatic rings. The molecule has 0 spiro atoms. The van der Waals surface area contributed by atoms with E-state index in [0.29, 0.717) is 10.6 Å². The Morgan fingerprint density at radius 2 is 1.86 bits per heavy atom. The van der Waals surface area contributed by atoms with Crippen LogP contribution in [0.1, 0.15) is 16.2 Å². The second-order valence-corrected chi connectivity index (χ2v) is 8.16. The third-order valence-electron chi connectivity index (χ3n) is 3.62. The number of halogens is 2. The van der Waals surface area contributed by atoms with Crippen LogP contribution in [0.2, 0.25) is 10.0 Å². The topological polar surface area (TPSA) is 111 Å². The lowest BCUT2D eigenvalue weighted by Crippen LogP contribution is -2.19. The Hall–Kier alpha value is -2.46. The zero-order chi connectivity index (χ0) is 20.3. The third kappa shape index (κ3) is 4.50. The predicted molar refractivity (Wildman–Crippen MR) is 102 cm³/mol. The molecule has 0 aliphatic heterocycles. The highest BCUT2D eigenvalue weighted by molar-refractivity contribution is 7.89. The van der Waals surface area contributed by atoms with Crippen molar-refractivity contribution in [1.82, 2.24) is 14.9 Å². The van der Waals surface area contributed by atoms with Crippen LogP contribution in [0, 0.1) is 0 Å². The van der Waals surface area contributed by atoms with Gasteiger partial charge >= 0.3 is 5.97 Å². The van der Waals surface area contributed by atoms with Crippen LogP contribution in [0.25, 0.3) is 11.5 Å². The average Bonchev–Trinajstić information content (AvgIpc) is 3.16. The van der Waals surface area contributed by atoms with E-state index in [0.717, 1.165) is 6.07 Å². The fraction of sp³-hybridized carbons (Fsp3) is 0.118. The maximum Gasteiger partial charge on any atom is 0.340 e. The van der Waals surface area contributed by atoms with Crippen molar-refractivity contribution in [2.24, 2.45) is 0 Å². The molecule has 0 aliphatic carbocycles. The minimum Gasteiger partial charge on any atom is -0.452 e. The Labute approximate surface area is 170 Å². The van der Waals surface area contributed by atoms with Crippen LogP contribution in [0.4, 0.5) is 0 Å². The van der Waals surface area contributed by atoms with E-state index in [2.05, 4.69) is 14.9 Å². The van der Waals surface area contributed by atoms with Gasteiger partial charge < -0.3 is 9.15 Å². The van der Waals surface area contributed by atoms with E-state index in [1.54, 1.807) is 24.3 Å². The van der Waals surface area contributed by atoms with E-state index >= 15 is 0 Å². The molecule has 0 atom stereocenters. The molecular formula is C17H13Cl2N3O5S. The van der Waals surface area contributed by atoms with Gasteiger partial charge in [-0.1, -0.05) is 23.2 Å². The molecule has 0 saturated carbocycles. The molecule has 3 rings (SSSR count). The zero-order valence-corrected chi connectivity index (χ0v) is 16.7. The van der Waals surface area contributed by atoms with Crippen molar-refractivity contribution >= 4 is 39.2 Å². The Balaban J connectivity index is 1.73. The number of ether oxygens (including phenoxy) is 1. The number of esters is 1. The largest absolute Gasteiger partial charge is 0.452 e. The maximum absolute atomic E-state index is 12.3. The van der Waals surface area contributed by atoms with E-state index in [-0.39, 0.29) is 33.9 Å². The lowest BCUT2D eigenvalue weighted by Gasteiger charge is -2.07. The highest BCUT2D eigenvalue weighted by Gasteiger charge is 2.19. The summed E-state index contributed by atoms with van der Waals surface area (Å²) >= 11 is 11.8. The van der Waals surface area contributed by atoms with Crippen LogP contribution >= 0.6 is 23.2 Å². The molecule has 146 valence electrons. The molecule has 0 fully saturated rings. The summed E-state index contributed by atoms with van der Waals surface area (Å²) in [4.78, 5) is 12.2. The van der Waals surface area contributed by atoms with E-state index < -0.39 is 16.0 Å². The quantitative estimate of drug-likeness (QED) is 0.583. The Bertz CT molecular complexity index is 1110. The van der Waals surface area contributed by atoms with Crippen molar-refractivity contribution in [3.05, 3.63) is 64.0 Å². The average molecular weight is 442 g/mol. The van der Waals surface area contributed by atoms with Gasteiger partial charge in [0, 0.05) is 10.6 Å². The van der Waals surface area contributed by atoms with Crippen molar-refractivity contribution in [2.45, 2.75) is 11.5 Å². The minimum absolute atomic E-state index is 0.0486. The molecule has 28 heavy (non-hydrogen) atoms. The molecule has 0 amide bonds. The lowest BCUT2D eigenvalue weighted by molar-refractivity contribution is 0.0438. The molecule has 0 saturated heterocycles. The van der Waals surface area contributed by atoms with Crippen LogP contribution in [-0.4, -0.2) is 31.6 Å². The predicted octanol–water partition coefficient (Wildman–Crippen LogP) is 3.31. The lowest BCUT2D eigenvalue weighted by atomic mass is 10.2. The van der Waals surface area contributed by atoms with Gasteiger partial charge in [0.15, 0.2) is 6.61 Å². The Morgan fingerprint density at radius 1 is 1.14 bits per heavy atom.